The number of pyridine rings is 1. The molecule has 0 saturated heterocycles. The van der Waals surface area contributed by atoms with Gasteiger partial charge in [-0.05, 0) is 46.6 Å². The largest absolute Gasteiger partial charge is 0.310 e. The molecule has 1 aromatic heterocycles. The summed E-state index contributed by atoms with van der Waals surface area (Å²) in [7, 11) is 0. The van der Waals surface area contributed by atoms with Crippen molar-refractivity contribution >= 4 is 39.5 Å². The molecule has 122 valence electrons. The molecule has 3 rings (SSSR count). The molecule has 24 heavy (non-hydrogen) atoms. The van der Waals surface area contributed by atoms with E-state index in [1.54, 1.807) is 30.5 Å². The fourth-order valence-electron chi connectivity index (χ4n) is 2.52. The average Bonchev–Trinajstić information content (AvgIpc) is 2.80. The minimum Gasteiger partial charge on any atom is -0.310 e. The Morgan fingerprint density at radius 2 is 1.83 bits per heavy atom. The molecule has 1 N–H and O–H groups in total. The molecule has 7 heteroatoms. The molecule has 0 bridgehead atoms. The summed E-state index contributed by atoms with van der Waals surface area (Å²) < 4.78 is 0.823. The molecular weight excluding hydrogens is 374 g/mol. The molecule has 0 fully saturated rings. The van der Waals surface area contributed by atoms with E-state index in [1.807, 2.05) is 13.0 Å². The van der Waals surface area contributed by atoms with Crippen LogP contribution in [0.2, 0.25) is 0 Å². The number of rotatable bonds is 4. The number of nitrogens with zero attached hydrogens (tertiary/aromatic N) is 2. The van der Waals surface area contributed by atoms with Gasteiger partial charge in [-0.15, -0.1) is 0 Å². The second kappa shape index (κ2) is 6.52. The molecule has 0 aliphatic carbocycles. The van der Waals surface area contributed by atoms with Crippen molar-refractivity contribution in [2.45, 2.75) is 13.3 Å². The first-order chi connectivity index (χ1) is 11.5. The van der Waals surface area contributed by atoms with E-state index in [-0.39, 0.29) is 30.7 Å². The highest BCUT2D eigenvalue weighted by molar-refractivity contribution is 9.10. The molecule has 0 spiro atoms. The molecule has 6 nitrogen and oxygen atoms in total. The van der Waals surface area contributed by atoms with Crippen LogP contribution in [-0.4, -0.2) is 34.2 Å². The Morgan fingerprint density at radius 3 is 2.42 bits per heavy atom. The summed E-state index contributed by atoms with van der Waals surface area (Å²) in [5.41, 5.74) is 1.58. The number of aromatic nitrogens is 1. The Balaban J connectivity index is 1.63. The Labute approximate surface area is 147 Å². The first-order valence-corrected chi connectivity index (χ1v) is 8.14. The zero-order valence-electron chi connectivity index (χ0n) is 12.9. The molecular formula is C17H14BrN3O3. The van der Waals surface area contributed by atoms with Gasteiger partial charge in [-0.3, -0.25) is 19.3 Å². The number of hydrogen-bond donors (Lipinski definition) is 1. The van der Waals surface area contributed by atoms with E-state index in [1.165, 1.54) is 0 Å². The van der Waals surface area contributed by atoms with Gasteiger partial charge in [0.2, 0.25) is 5.91 Å². The van der Waals surface area contributed by atoms with E-state index in [9.17, 15) is 14.4 Å². The predicted octanol–water partition coefficient (Wildman–Crippen LogP) is 2.78. The number of carbonyl (C=O) groups is 3. The highest BCUT2D eigenvalue weighted by Crippen LogP contribution is 2.22. The van der Waals surface area contributed by atoms with Crippen molar-refractivity contribution in [3.8, 4) is 0 Å². The van der Waals surface area contributed by atoms with Crippen molar-refractivity contribution in [2.75, 3.05) is 11.9 Å². The number of amides is 3. The highest BCUT2D eigenvalue weighted by Gasteiger charge is 2.34. The first kappa shape index (κ1) is 16.3. The third-order valence-electron chi connectivity index (χ3n) is 3.74. The van der Waals surface area contributed by atoms with Crippen molar-refractivity contribution in [3.63, 3.8) is 0 Å². The summed E-state index contributed by atoms with van der Waals surface area (Å²) in [6.07, 6.45) is 1.61. The van der Waals surface area contributed by atoms with E-state index < -0.39 is 0 Å². The van der Waals surface area contributed by atoms with Crippen LogP contribution in [0.3, 0.4) is 0 Å². The van der Waals surface area contributed by atoms with Crippen molar-refractivity contribution < 1.29 is 14.4 Å². The lowest BCUT2D eigenvalue weighted by atomic mass is 10.1. The third kappa shape index (κ3) is 3.07. The van der Waals surface area contributed by atoms with Crippen LogP contribution in [0.15, 0.2) is 41.0 Å². The van der Waals surface area contributed by atoms with Gasteiger partial charge in [0.05, 0.1) is 11.1 Å². The smallest absolute Gasteiger partial charge is 0.261 e. The van der Waals surface area contributed by atoms with Crippen LogP contribution in [0, 0.1) is 6.92 Å². The number of aryl methyl sites for hydroxylation is 1. The van der Waals surface area contributed by atoms with Gasteiger partial charge in [-0.25, -0.2) is 4.98 Å². The van der Waals surface area contributed by atoms with Crippen molar-refractivity contribution in [3.05, 3.63) is 57.7 Å². The summed E-state index contributed by atoms with van der Waals surface area (Å²) in [4.78, 5) is 41.8. The molecule has 0 saturated carbocycles. The van der Waals surface area contributed by atoms with Crippen molar-refractivity contribution in [1.29, 1.82) is 0 Å². The Kier molecular flexibility index (Phi) is 4.44. The number of anilines is 1. The monoisotopic (exact) mass is 387 g/mol. The number of carbonyl (C=O) groups excluding carboxylic acids is 3. The minimum atomic E-state index is -0.360. The lowest BCUT2D eigenvalue weighted by Crippen LogP contribution is -2.33. The van der Waals surface area contributed by atoms with E-state index in [0.717, 1.165) is 14.9 Å². The molecule has 3 amide bonds. The number of benzene rings is 1. The van der Waals surface area contributed by atoms with Gasteiger partial charge in [-0.2, -0.15) is 0 Å². The molecule has 2 heterocycles. The second-order valence-corrected chi connectivity index (χ2v) is 6.34. The normalized spacial score (nSPS) is 13.2. The van der Waals surface area contributed by atoms with Crippen molar-refractivity contribution in [1.82, 2.24) is 9.88 Å². The average molecular weight is 388 g/mol. The first-order valence-electron chi connectivity index (χ1n) is 7.34. The van der Waals surface area contributed by atoms with Gasteiger partial charge >= 0.3 is 0 Å². The highest BCUT2D eigenvalue weighted by atomic mass is 79.9. The van der Waals surface area contributed by atoms with Gasteiger partial charge in [0.25, 0.3) is 11.8 Å². The maximum Gasteiger partial charge on any atom is 0.261 e. The summed E-state index contributed by atoms with van der Waals surface area (Å²) in [5, 5.41) is 2.69. The summed E-state index contributed by atoms with van der Waals surface area (Å²) in [5.74, 6) is -0.558. The van der Waals surface area contributed by atoms with Crippen LogP contribution in [-0.2, 0) is 4.79 Å². The van der Waals surface area contributed by atoms with Gasteiger partial charge in [-0.1, -0.05) is 12.1 Å². The third-order valence-corrected chi connectivity index (χ3v) is 4.18. The zero-order valence-corrected chi connectivity index (χ0v) is 14.5. The number of fused-ring (bicyclic) bond motifs is 1. The van der Waals surface area contributed by atoms with Gasteiger partial charge < -0.3 is 5.32 Å². The molecule has 0 radical (unpaired) electrons. The van der Waals surface area contributed by atoms with Gasteiger partial charge in [0.15, 0.2) is 0 Å². The quantitative estimate of drug-likeness (QED) is 0.817. The second-order valence-electron chi connectivity index (χ2n) is 5.42. The van der Waals surface area contributed by atoms with Crippen LogP contribution in [0.1, 0.15) is 32.7 Å². The Morgan fingerprint density at radius 1 is 1.21 bits per heavy atom. The van der Waals surface area contributed by atoms with Crippen LogP contribution in [0.4, 0.5) is 5.82 Å². The SMILES string of the molecule is Cc1cc(Br)cnc1NC(=O)CCN1C(=O)c2ccccc2C1=O. The van der Waals surface area contributed by atoms with E-state index in [2.05, 4.69) is 26.2 Å². The van der Waals surface area contributed by atoms with E-state index >= 15 is 0 Å². The van der Waals surface area contributed by atoms with Gasteiger partial charge in [0, 0.05) is 23.6 Å². The standard InChI is InChI=1S/C17H14BrN3O3/c1-10-8-11(18)9-19-15(10)20-14(22)6-7-21-16(23)12-4-2-3-5-13(12)17(21)24/h2-5,8-9H,6-7H2,1H3,(H,19,20,22). The molecule has 0 unspecified atom stereocenters. The zero-order chi connectivity index (χ0) is 17.3. The number of halogens is 1. The fourth-order valence-corrected chi connectivity index (χ4v) is 2.97. The maximum atomic E-state index is 12.2. The Bertz CT molecular complexity index is 816. The molecule has 1 aromatic carbocycles. The minimum absolute atomic E-state index is 0.0165. The lowest BCUT2D eigenvalue weighted by molar-refractivity contribution is -0.116. The van der Waals surface area contributed by atoms with Crippen LogP contribution < -0.4 is 5.32 Å². The predicted molar refractivity (Wildman–Crippen MR) is 91.7 cm³/mol. The molecule has 1 aliphatic rings. The van der Waals surface area contributed by atoms with E-state index in [0.29, 0.717) is 16.9 Å². The fraction of sp³-hybridized carbons (Fsp3) is 0.176. The Hall–Kier alpha value is -2.54. The lowest BCUT2D eigenvalue weighted by Gasteiger charge is -2.13. The topological polar surface area (TPSA) is 79.4 Å². The van der Waals surface area contributed by atoms with Crippen molar-refractivity contribution in [2.24, 2.45) is 0 Å². The maximum absolute atomic E-state index is 12.2. The molecule has 2 aromatic rings. The number of nitrogens with one attached hydrogen (secondary N) is 1. The van der Waals surface area contributed by atoms with Gasteiger partial charge in [0.1, 0.15) is 5.82 Å². The summed E-state index contributed by atoms with van der Waals surface area (Å²) in [6, 6.07) is 8.49. The van der Waals surface area contributed by atoms with Crippen LogP contribution in [0.5, 0.6) is 0 Å². The summed E-state index contributed by atoms with van der Waals surface area (Å²) in [6.45, 7) is 1.87. The van der Waals surface area contributed by atoms with Crippen LogP contribution in [0.25, 0.3) is 0 Å². The summed E-state index contributed by atoms with van der Waals surface area (Å²) >= 11 is 3.31. The number of imide groups is 1. The molecule has 0 atom stereocenters. The molecule has 1 aliphatic heterocycles. The van der Waals surface area contributed by atoms with E-state index in [4.69, 9.17) is 0 Å². The van der Waals surface area contributed by atoms with Crippen LogP contribution >= 0.6 is 15.9 Å². The number of hydrogen-bond acceptors (Lipinski definition) is 4.